The molecule has 0 unspecified atom stereocenters. The summed E-state index contributed by atoms with van der Waals surface area (Å²) in [6.07, 6.45) is 6.26. The first kappa shape index (κ1) is 19.9. The molecule has 0 radical (unpaired) electrons. The summed E-state index contributed by atoms with van der Waals surface area (Å²) >= 11 is 0. The minimum absolute atomic E-state index is 0.00901. The van der Waals surface area contributed by atoms with Gasteiger partial charge in [0.1, 0.15) is 5.82 Å². The minimum Gasteiger partial charge on any atom is -0.342 e. The zero-order chi connectivity index (χ0) is 21.4. The molecule has 162 valence electrons. The third kappa shape index (κ3) is 4.39. The standard InChI is InChI=1S/C23H29N7O/c1-15-5-7-30(8-6-15)23-24-10-17(11-25-23)12-29-13-18(14-29)22(31)28-19-3-4-20-21(9-19)27-16(2)26-20/h3-4,9-11,15,18H,5-8,12-14H2,1-2H3,(H,26,27)(H,28,31). The van der Waals surface area contributed by atoms with Crippen LogP contribution in [0.25, 0.3) is 11.0 Å². The maximum atomic E-state index is 12.6. The third-order valence-corrected chi connectivity index (χ3v) is 6.36. The smallest absolute Gasteiger partial charge is 0.230 e. The Kier molecular flexibility index (Phi) is 5.31. The average Bonchev–Trinajstić information content (AvgIpc) is 3.10. The summed E-state index contributed by atoms with van der Waals surface area (Å²) in [4.78, 5) is 33.9. The van der Waals surface area contributed by atoms with Gasteiger partial charge in [0.2, 0.25) is 11.9 Å². The van der Waals surface area contributed by atoms with Crippen LogP contribution in [0.1, 0.15) is 31.2 Å². The number of aromatic nitrogens is 4. The van der Waals surface area contributed by atoms with Gasteiger partial charge in [-0.25, -0.2) is 15.0 Å². The highest BCUT2D eigenvalue weighted by molar-refractivity contribution is 5.95. The highest BCUT2D eigenvalue weighted by Crippen LogP contribution is 2.23. The van der Waals surface area contributed by atoms with Crippen LogP contribution in [-0.4, -0.2) is 56.9 Å². The number of carbonyl (C=O) groups excluding carboxylic acids is 1. The SMILES string of the molecule is Cc1nc2ccc(NC(=O)C3CN(Cc4cnc(N5CCC(C)CC5)nc4)C3)cc2[nH]1. The number of benzene rings is 1. The van der Waals surface area contributed by atoms with E-state index in [0.29, 0.717) is 0 Å². The molecule has 8 heteroatoms. The molecule has 2 saturated heterocycles. The fraction of sp³-hybridized carbons (Fsp3) is 0.478. The molecule has 4 heterocycles. The van der Waals surface area contributed by atoms with Crippen molar-refractivity contribution in [1.29, 1.82) is 0 Å². The Labute approximate surface area is 182 Å². The number of aryl methyl sites for hydroxylation is 1. The van der Waals surface area contributed by atoms with E-state index >= 15 is 0 Å². The van der Waals surface area contributed by atoms with Crippen LogP contribution in [0.3, 0.4) is 0 Å². The van der Waals surface area contributed by atoms with Crippen molar-refractivity contribution in [1.82, 2.24) is 24.8 Å². The first-order chi connectivity index (χ1) is 15.0. The van der Waals surface area contributed by atoms with Gasteiger partial charge in [-0.3, -0.25) is 9.69 Å². The number of hydrogen-bond donors (Lipinski definition) is 2. The second-order valence-corrected chi connectivity index (χ2v) is 9.00. The lowest BCUT2D eigenvalue weighted by atomic mass is 9.98. The van der Waals surface area contributed by atoms with Crippen LogP contribution in [0, 0.1) is 18.8 Å². The van der Waals surface area contributed by atoms with Crippen LogP contribution in [0.4, 0.5) is 11.6 Å². The van der Waals surface area contributed by atoms with Gasteiger partial charge in [-0.2, -0.15) is 0 Å². The van der Waals surface area contributed by atoms with Gasteiger partial charge in [-0.15, -0.1) is 0 Å². The van der Waals surface area contributed by atoms with Crippen molar-refractivity contribution in [2.75, 3.05) is 36.4 Å². The van der Waals surface area contributed by atoms with E-state index in [-0.39, 0.29) is 11.8 Å². The van der Waals surface area contributed by atoms with Crippen molar-refractivity contribution in [2.24, 2.45) is 11.8 Å². The molecular weight excluding hydrogens is 390 g/mol. The summed E-state index contributed by atoms with van der Waals surface area (Å²) in [7, 11) is 0. The molecule has 1 amide bonds. The monoisotopic (exact) mass is 419 g/mol. The molecule has 2 fully saturated rings. The molecule has 8 nitrogen and oxygen atoms in total. The Balaban J connectivity index is 1.10. The van der Waals surface area contributed by atoms with E-state index in [9.17, 15) is 4.79 Å². The second kappa shape index (κ2) is 8.26. The predicted octanol–water partition coefficient (Wildman–Crippen LogP) is 2.97. The normalized spacial score (nSPS) is 18.3. The Bertz CT molecular complexity index is 1060. The second-order valence-electron chi connectivity index (χ2n) is 9.00. The van der Waals surface area contributed by atoms with E-state index in [0.717, 1.165) is 72.7 Å². The lowest BCUT2D eigenvalue weighted by Crippen LogP contribution is -2.51. The number of nitrogens with zero attached hydrogens (tertiary/aromatic N) is 5. The van der Waals surface area contributed by atoms with Gasteiger partial charge in [0.05, 0.1) is 17.0 Å². The molecule has 2 aliphatic heterocycles. The van der Waals surface area contributed by atoms with Crippen molar-refractivity contribution in [3.8, 4) is 0 Å². The molecule has 5 rings (SSSR count). The van der Waals surface area contributed by atoms with Crippen LogP contribution in [0.2, 0.25) is 0 Å². The summed E-state index contributed by atoms with van der Waals surface area (Å²) in [5.74, 6) is 2.58. The first-order valence-corrected chi connectivity index (χ1v) is 11.1. The summed E-state index contributed by atoms with van der Waals surface area (Å²) < 4.78 is 0. The molecule has 0 aliphatic carbocycles. The number of piperidine rings is 1. The number of rotatable bonds is 5. The van der Waals surface area contributed by atoms with E-state index in [1.54, 1.807) is 0 Å². The van der Waals surface area contributed by atoms with Gasteiger partial charge >= 0.3 is 0 Å². The predicted molar refractivity (Wildman–Crippen MR) is 121 cm³/mol. The molecule has 0 saturated carbocycles. The number of fused-ring (bicyclic) bond motifs is 1. The van der Waals surface area contributed by atoms with Gasteiger partial charge in [-0.1, -0.05) is 6.92 Å². The molecule has 2 aromatic heterocycles. The number of likely N-dealkylation sites (tertiary alicyclic amines) is 1. The van der Waals surface area contributed by atoms with Gasteiger partial charge in [0.15, 0.2) is 0 Å². The fourth-order valence-electron chi connectivity index (χ4n) is 4.38. The van der Waals surface area contributed by atoms with Crippen LogP contribution < -0.4 is 10.2 Å². The van der Waals surface area contributed by atoms with Gasteiger partial charge in [0.25, 0.3) is 0 Å². The number of hydrogen-bond acceptors (Lipinski definition) is 6. The number of amides is 1. The van der Waals surface area contributed by atoms with Crippen LogP contribution in [-0.2, 0) is 11.3 Å². The maximum absolute atomic E-state index is 12.6. The van der Waals surface area contributed by atoms with Gasteiger partial charge in [0, 0.05) is 56.4 Å². The quantitative estimate of drug-likeness (QED) is 0.661. The summed E-state index contributed by atoms with van der Waals surface area (Å²) in [5, 5.41) is 3.03. The van der Waals surface area contributed by atoms with E-state index in [4.69, 9.17) is 0 Å². The lowest BCUT2D eigenvalue weighted by molar-refractivity contribution is -0.125. The molecule has 0 bridgehead atoms. The van der Waals surface area contributed by atoms with Crippen molar-refractivity contribution >= 4 is 28.6 Å². The van der Waals surface area contributed by atoms with Crippen molar-refractivity contribution < 1.29 is 4.79 Å². The maximum Gasteiger partial charge on any atom is 0.230 e. The van der Waals surface area contributed by atoms with Crippen molar-refractivity contribution in [3.05, 3.63) is 42.0 Å². The Morgan fingerprint density at radius 1 is 1.19 bits per heavy atom. The topological polar surface area (TPSA) is 90.0 Å². The van der Waals surface area contributed by atoms with Crippen LogP contribution in [0.15, 0.2) is 30.6 Å². The van der Waals surface area contributed by atoms with E-state index < -0.39 is 0 Å². The fourth-order valence-corrected chi connectivity index (χ4v) is 4.38. The number of anilines is 2. The van der Waals surface area contributed by atoms with Crippen molar-refractivity contribution in [2.45, 2.75) is 33.2 Å². The van der Waals surface area contributed by atoms with Crippen molar-refractivity contribution in [3.63, 3.8) is 0 Å². The molecular formula is C23H29N7O. The number of imidazole rings is 1. The number of H-pyrrole nitrogens is 1. The first-order valence-electron chi connectivity index (χ1n) is 11.1. The molecule has 3 aromatic rings. The largest absolute Gasteiger partial charge is 0.342 e. The van der Waals surface area contributed by atoms with Gasteiger partial charge in [-0.05, 0) is 43.9 Å². The zero-order valence-corrected chi connectivity index (χ0v) is 18.1. The Morgan fingerprint density at radius 3 is 2.68 bits per heavy atom. The Morgan fingerprint density at radius 2 is 1.94 bits per heavy atom. The third-order valence-electron chi connectivity index (χ3n) is 6.36. The van der Waals surface area contributed by atoms with Crippen LogP contribution in [0.5, 0.6) is 0 Å². The number of nitrogens with one attached hydrogen (secondary N) is 2. The zero-order valence-electron chi connectivity index (χ0n) is 18.1. The summed E-state index contributed by atoms with van der Waals surface area (Å²) in [6, 6.07) is 5.76. The summed E-state index contributed by atoms with van der Waals surface area (Å²) in [6.45, 7) is 8.59. The molecule has 1 aromatic carbocycles. The molecule has 0 atom stereocenters. The molecule has 31 heavy (non-hydrogen) atoms. The highest BCUT2D eigenvalue weighted by atomic mass is 16.2. The highest BCUT2D eigenvalue weighted by Gasteiger charge is 2.32. The molecule has 2 aliphatic rings. The van der Waals surface area contributed by atoms with E-state index in [1.807, 2.05) is 37.5 Å². The summed E-state index contributed by atoms with van der Waals surface area (Å²) in [5.41, 5.74) is 3.74. The molecule has 0 spiro atoms. The minimum atomic E-state index is 0.00901. The number of aromatic amines is 1. The molecule has 2 N–H and O–H groups in total. The number of carbonyl (C=O) groups is 1. The van der Waals surface area contributed by atoms with Crippen LogP contribution >= 0.6 is 0 Å². The van der Waals surface area contributed by atoms with E-state index in [2.05, 4.69) is 42.0 Å². The Hall–Kier alpha value is -3.00. The van der Waals surface area contributed by atoms with E-state index in [1.165, 1.54) is 12.8 Å². The average molecular weight is 420 g/mol. The van der Waals surface area contributed by atoms with Gasteiger partial charge < -0.3 is 15.2 Å². The lowest BCUT2D eigenvalue weighted by Gasteiger charge is -2.38.